The second kappa shape index (κ2) is 9.83. The molecule has 1 unspecified atom stereocenters. The minimum absolute atomic E-state index is 0.165. The molecule has 6 nitrogen and oxygen atoms in total. The van der Waals surface area contributed by atoms with Gasteiger partial charge >= 0.3 is 0 Å². The number of amides is 2. The van der Waals surface area contributed by atoms with E-state index in [0.717, 1.165) is 11.3 Å². The number of anilines is 1. The Morgan fingerprint density at radius 2 is 1.85 bits per heavy atom. The molecule has 2 aromatic rings. The Balaban J connectivity index is 1.81. The largest absolute Gasteiger partial charge is 0.494 e. The smallest absolute Gasteiger partial charge is 0.261 e. The van der Waals surface area contributed by atoms with Crippen molar-refractivity contribution in [3.8, 4) is 11.5 Å². The van der Waals surface area contributed by atoms with Crippen molar-refractivity contribution in [3.63, 3.8) is 0 Å². The molecule has 0 saturated carbocycles. The molecule has 0 spiro atoms. The molecule has 7 heteroatoms. The van der Waals surface area contributed by atoms with Gasteiger partial charge in [0.2, 0.25) is 5.91 Å². The summed E-state index contributed by atoms with van der Waals surface area (Å²) >= 11 is 6.06. The minimum atomic E-state index is -0.789. The zero-order chi connectivity index (χ0) is 19.8. The van der Waals surface area contributed by atoms with Gasteiger partial charge in [0, 0.05) is 5.69 Å². The maximum atomic E-state index is 12.1. The minimum Gasteiger partial charge on any atom is -0.494 e. The van der Waals surface area contributed by atoms with E-state index in [-0.39, 0.29) is 12.5 Å². The molecule has 2 rings (SSSR count). The molecule has 0 aromatic heterocycles. The van der Waals surface area contributed by atoms with Crippen LogP contribution in [0.5, 0.6) is 11.5 Å². The molecule has 27 heavy (non-hydrogen) atoms. The quantitative estimate of drug-likeness (QED) is 0.722. The SMILES string of the molecule is CCOc1ccc(NC(=O)CNC(=O)C(C)Oc2cc(C)ccc2Cl)cc1. The maximum absolute atomic E-state index is 12.1. The lowest BCUT2D eigenvalue weighted by molar-refractivity contribution is -0.129. The van der Waals surface area contributed by atoms with Crippen LogP contribution in [0.25, 0.3) is 0 Å². The van der Waals surface area contributed by atoms with Gasteiger partial charge in [-0.15, -0.1) is 0 Å². The van der Waals surface area contributed by atoms with E-state index in [0.29, 0.717) is 23.1 Å². The second-order valence-corrected chi connectivity index (χ2v) is 6.32. The Kier molecular flexibility index (Phi) is 7.49. The molecule has 0 aliphatic heterocycles. The summed E-state index contributed by atoms with van der Waals surface area (Å²) in [5.74, 6) is 0.408. The van der Waals surface area contributed by atoms with Gasteiger partial charge in [0.25, 0.3) is 5.91 Å². The van der Waals surface area contributed by atoms with Crippen molar-refractivity contribution in [2.75, 3.05) is 18.5 Å². The number of ether oxygens (including phenoxy) is 2. The normalized spacial score (nSPS) is 11.4. The first-order chi connectivity index (χ1) is 12.9. The molecule has 144 valence electrons. The monoisotopic (exact) mass is 390 g/mol. The molecule has 2 N–H and O–H groups in total. The average molecular weight is 391 g/mol. The van der Waals surface area contributed by atoms with Crippen LogP contribution in [-0.4, -0.2) is 31.1 Å². The zero-order valence-corrected chi connectivity index (χ0v) is 16.3. The van der Waals surface area contributed by atoms with Gasteiger partial charge in [0.15, 0.2) is 6.10 Å². The van der Waals surface area contributed by atoms with Crippen molar-refractivity contribution in [1.29, 1.82) is 0 Å². The van der Waals surface area contributed by atoms with Crippen molar-refractivity contribution >= 4 is 29.1 Å². The summed E-state index contributed by atoms with van der Waals surface area (Å²) in [6.45, 7) is 5.81. The average Bonchev–Trinajstić information content (AvgIpc) is 2.64. The van der Waals surface area contributed by atoms with E-state index in [4.69, 9.17) is 21.1 Å². The zero-order valence-electron chi connectivity index (χ0n) is 15.5. The Labute approximate surface area is 163 Å². The fraction of sp³-hybridized carbons (Fsp3) is 0.300. The molecule has 0 radical (unpaired) electrons. The summed E-state index contributed by atoms with van der Waals surface area (Å²) in [5, 5.41) is 5.67. The van der Waals surface area contributed by atoms with Crippen LogP contribution in [0, 0.1) is 6.92 Å². The van der Waals surface area contributed by atoms with Crippen molar-refractivity contribution in [3.05, 3.63) is 53.1 Å². The summed E-state index contributed by atoms with van der Waals surface area (Å²) in [6.07, 6.45) is -0.789. The fourth-order valence-corrected chi connectivity index (χ4v) is 2.42. The van der Waals surface area contributed by atoms with Crippen LogP contribution in [0.1, 0.15) is 19.4 Å². The molecular weight excluding hydrogens is 368 g/mol. The highest BCUT2D eigenvalue weighted by atomic mass is 35.5. The molecule has 2 amide bonds. The van der Waals surface area contributed by atoms with E-state index >= 15 is 0 Å². The predicted molar refractivity (Wildman–Crippen MR) is 106 cm³/mol. The van der Waals surface area contributed by atoms with Crippen LogP contribution in [0.2, 0.25) is 5.02 Å². The molecule has 0 saturated heterocycles. The van der Waals surface area contributed by atoms with Crippen molar-refractivity contribution in [1.82, 2.24) is 5.32 Å². The first-order valence-corrected chi connectivity index (χ1v) is 9.00. The predicted octanol–water partition coefficient (Wildman–Crippen LogP) is 3.57. The molecule has 0 fully saturated rings. The van der Waals surface area contributed by atoms with Crippen LogP contribution >= 0.6 is 11.6 Å². The van der Waals surface area contributed by atoms with Gasteiger partial charge in [-0.1, -0.05) is 17.7 Å². The summed E-state index contributed by atoms with van der Waals surface area (Å²) in [7, 11) is 0. The van der Waals surface area contributed by atoms with E-state index in [1.54, 1.807) is 43.3 Å². The van der Waals surface area contributed by atoms with Gasteiger partial charge < -0.3 is 20.1 Å². The third-order valence-corrected chi connectivity index (χ3v) is 3.94. The Bertz CT molecular complexity index is 793. The lowest BCUT2D eigenvalue weighted by atomic mass is 10.2. The Morgan fingerprint density at radius 1 is 1.15 bits per heavy atom. The van der Waals surface area contributed by atoms with Crippen LogP contribution < -0.4 is 20.1 Å². The number of benzene rings is 2. The van der Waals surface area contributed by atoms with Gasteiger partial charge in [-0.3, -0.25) is 9.59 Å². The topological polar surface area (TPSA) is 76.7 Å². The maximum Gasteiger partial charge on any atom is 0.261 e. The van der Waals surface area contributed by atoms with Crippen molar-refractivity contribution in [2.45, 2.75) is 26.9 Å². The molecular formula is C20H23ClN2O4. The highest BCUT2D eigenvalue weighted by Gasteiger charge is 2.17. The first-order valence-electron chi connectivity index (χ1n) is 8.62. The lowest BCUT2D eigenvalue weighted by Crippen LogP contribution is -2.40. The van der Waals surface area contributed by atoms with E-state index in [2.05, 4.69) is 10.6 Å². The lowest BCUT2D eigenvalue weighted by Gasteiger charge is -2.16. The van der Waals surface area contributed by atoms with Gasteiger partial charge in [-0.05, 0) is 62.7 Å². The number of rotatable bonds is 8. The number of halogens is 1. The summed E-state index contributed by atoms with van der Waals surface area (Å²) < 4.78 is 10.9. The number of nitrogens with one attached hydrogen (secondary N) is 2. The van der Waals surface area contributed by atoms with Crippen LogP contribution in [-0.2, 0) is 9.59 Å². The third-order valence-electron chi connectivity index (χ3n) is 3.63. The van der Waals surface area contributed by atoms with Crippen LogP contribution in [0.4, 0.5) is 5.69 Å². The van der Waals surface area contributed by atoms with E-state index < -0.39 is 12.0 Å². The molecule has 1 atom stereocenters. The van der Waals surface area contributed by atoms with Crippen LogP contribution in [0.15, 0.2) is 42.5 Å². The van der Waals surface area contributed by atoms with Gasteiger partial charge in [0.05, 0.1) is 18.2 Å². The summed E-state index contributed by atoms with van der Waals surface area (Å²) in [4.78, 5) is 24.1. The van der Waals surface area contributed by atoms with Gasteiger partial charge in [0.1, 0.15) is 11.5 Å². The summed E-state index contributed by atoms with van der Waals surface area (Å²) in [5.41, 5.74) is 1.59. The summed E-state index contributed by atoms with van der Waals surface area (Å²) in [6, 6.07) is 12.3. The molecule has 0 heterocycles. The number of hydrogen-bond acceptors (Lipinski definition) is 4. The standard InChI is InChI=1S/C20H23ClN2O4/c1-4-26-16-8-6-15(7-9-16)23-19(24)12-22-20(25)14(3)27-18-11-13(2)5-10-17(18)21/h5-11,14H,4,12H2,1-3H3,(H,22,25)(H,23,24). The molecule has 0 aliphatic carbocycles. The highest BCUT2D eigenvalue weighted by molar-refractivity contribution is 6.32. The van der Waals surface area contributed by atoms with Gasteiger partial charge in [-0.2, -0.15) is 0 Å². The van der Waals surface area contributed by atoms with Crippen molar-refractivity contribution < 1.29 is 19.1 Å². The number of hydrogen-bond donors (Lipinski definition) is 2. The number of aryl methyl sites for hydroxylation is 1. The molecule has 2 aromatic carbocycles. The Hall–Kier alpha value is -2.73. The fourth-order valence-electron chi connectivity index (χ4n) is 2.26. The van der Waals surface area contributed by atoms with E-state index in [1.165, 1.54) is 0 Å². The first kappa shape index (κ1) is 20.6. The second-order valence-electron chi connectivity index (χ2n) is 5.92. The van der Waals surface area contributed by atoms with Crippen LogP contribution in [0.3, 0.4) is 0 Å². The number of carbonyl (C=O) groups is 2. The third kappa shape index (κ3) is 6.49. The highest BCUT2D eigenvalue weighted by Crippen LogP contribution is 2.26. The van der Waals surface area contributed by atoms with E-state index in [1.807, 2.05) is 19.9 Å². The molecule has 0 bridgehead atoms. The van der Waals surface area contributed by atoms with Crippen molar-refractivity contribution in [2.24, 2.45) is 0 Å². The molecule has 0 aliphatic rings. The van der Waals surface area contributed by atoms with Gasteiger partial charge in [-0.25, -0.2) is 0 Å². The number of carbonyl (C=O) groups excluding carboxylic acids is 2. The van der Waals surface area contributed by atoms with E-state index in [9.17, 15) is 9.59 Å². The Morgan fingerprint density at radius 3 is 2.52 bits per heavy atom.